The van der Waals surface area contributed by atoms with Crippen LogP contribution in [-0.2, 0) is 0 Å². The molecule has 0 aliphatic rings. The van der Waals surface area contributed by atoms with Gasteiger partial charge in [-0.25, -0.2) is 4.68 Å². The van der Waals surface area contributed by atoms with E-state index < -0.39 is 0 Å². The van der Waals surface area contributed by atoms with Crippen LogP contribution < -0.4 is 16.4 Å². The Hall–Kier alpha value is -2.45. The topological polar surface area (TPSA) is 107 Å². The van der Waals surface area contributed by atoms with Gasteiger partial charge in [-0.05, 0) is 45.0 Å². The lowest BCUT2D eigenvalue weighted by molar-refractivity contribution is 0.526. The number of nitrogens with two attached hydrogens (primary N) is 1. The molecule has 0 aliphatic carbocycles. The summed E-state index contributed by atoms with van der Waals surface area (Å²) < 4.78 is 1.76. The SMILES string of the molecule is CC(N)CNc1nc(Nc2ccc(Cl)cc2)c2nnn(C(C)C)c2n1. The van der Waals surface area contributed by atoms with Crippen LogP contribution in [0.4, 0.5) is 17.5 Å². The summed E-state index contributed by atoms with van der Waals surface area (Å²) in [5.74, 6) is 1.05. The number of aromatic nitrogens is 5. The summed E-state index contributed by atoms with van der Waals surface area (Å²) in [5, 5.41) is 15.5. The van der Waals surface area contributed by atoms with E-state index in [9.17, 15) is 0 Å². The molecule has 2 aromatic heterocycles. The Morgan fingerprint density at radius 1 is 1.16 bits per heavy atom. The van der Waals surface area contributed by atoms with Crippen LogP contribution in [0.15, 0.2) is 24.3 Å². The molecule has 3 aromatic rings. The second-order valence-electron chi connectivity index (χ2n) is 6.19. The molecular weight excluding hydrogens is 340 g/mol. The van der Waals surface area contributed by atoms with Gasteiger partial charge in [-0.3, -0.25) is 0 Å². The van der Waals surface area contributed by atoms with E-state index in [-0.39, 0.29) is 12.1 Å². The quantitative estimate of drug-likeness (QED) is 0.620. The Bertz CT molecular complexity index is 856. The van der Waals surface area contributed by atoms with E-state index in [0.717, 1.165) is 5.69 Å². The highest BCUT2D eigenvalue weighted by atomic mass is 35.5. The van der Waals surface area contributed by atoms with Gasteiger partial charge in [-0.2, -0.15) is 9.97 Å². The lowest BCUT2D eigenvalue weighted by Crippen LogP contribution is -2.26. The summed E-state index contributed by atoms with van der Waals surface area (Å²) in [6, 6.07) is 7.48. The number of nitrogens with one attached hydrogen (secondary N) is 2. The summed E-state index contributed by atoms with van der Waals surface area (Å²) >= 11 is 5.94. The molecule has 0 radical (unpaired) electrons. The van der Waals surface area contributed by atoms with E-state index in [1.807, 2.05) is 45.0 Å². The zero-order chi connectivity index (χ0) is 18.0. The molecule has 2 heterocycles. The molecule has 25 heavy (non-hydrogen) atoms. The van der Waals surface area contributed by atoms with Crippen LogP contribution in [0.3, 0.4) is 0 Å². The number of nitrogens with zero attached hydrogens (tertiary/aromatic N) is 5. The van der Waals surface area contributed by atoms with Crippen molar-refractivity contribution < 1.29 is 0 Å². The molecule has 0 fully saturated rings. The molecule has 0 saturated heterocycles. The van der Waals surface area contributed by atoms with Crippen molar-refractivity contribution in [3.05, 3.63) is 29.3 Å². The van der Waals surface area contributed by atoms with Crippen LogP contribution in [0.2, 0.25) is 5.02 Å². The monoisotopic (exact) mass is 360 g/mol. The van der Waals surface area contributed by atoms with Crippen molar-refractivity contribution in [2.24, 2.45) is 5.73 Å². The van der Waals surface area contributed by atoms with Gasteiger partial charge in [-0.1, -0.05) is 16.8 Å². The summed E-state index contributed by atoms with van der Waals surface area (Å²) in [5.41, 5.74) is 7.93. The van der Waals surface area contributed by atoms with Gasteiger partial charge < -0.3 is 16.4 Å². The van der Waals surface area contributed by atoms with E-state index in [1.54, 1.807) is 4.68 Å². The zero-order valence-corrected chi connectivity index (χ0v) is 15.1. The van der Waals surface area contributed by atoms with Crippen molar-refractivity contribution in [2.45, 2.75) is 32.9 Å². The van der Waals surface area contributed by atoms with Crippen LogP contribution >= 0.6 is 11.6 Å². The third-order valence-corrected chi connectivity index (χ3v) is 3.75. The number of fused-ring (bicyclic) bond motifs is 1. The minimum atomic E-state index is -0.0138. The second kappa shape index (κ2) is 7.20. The maximum Gasteiger partial charge on any atom is 0.226 e. The fourth-order valence-electron chi connectivity index (χ4n) is 2.27. The van der Waals surface area contributed by atoms with Crippen molar-refractivity contribution in [3.63, 3.8) is 0 Å². The van der Waals surface area contributed by atoms with E-state index in [1.165, 1.54) is 0 Å². The lowest BCUT2D eigenvalue weighted by Gasteiger charge is -2.12. The van der Waals surface area contributed by atoms with Crippen molar-refractivity contribution in [1.29, 1.82) is 0 Å². The Morgan fingerprint density at radius 3 is 2.52 bits per heavy atom. The number of halogens is 1. The van der Waals surface area contributed by atoms with Gasteiger partial charge in [0, 0.05) is 23.3 Å². The fourth-order valence-corrected chi connectivity index (χ4v) is 2.39. The molecule has 0 amide bonds. The Labute approximate surface area is 150 Å². The molecule has 0 bridgehead atoms. The van der Waals surface area contributed by atoms with Crippen molar-refractivity contribution in [2.75, 3.05) is 17.2 Å². The highest BCUT2D eigenvalue weighted by Crippen LogP contribution is 2.25. The van der Waals surface area contributed by atoms with Crippen molar-refractivity contribution >= 4 is 40.2 Å². The Morgan fingerprint density at radius 2 is 1.88 bits per heavy atom. The number of rotatable bonds is 6. The van der Waals surface area contributed by atoms with Gasteiger partial charge in [0.1, 0.15) is 0 Å². The van der Waals surface area contributed by atoms with Crippen LogP contribution in [0.25, 0.3) is 11.2 Å². The van der Waals surface area contributed by atoms with Gasteiger partial charge in [0.25, 0.3) is 0 Å². The van der Waals surface area contributed by atoms with Gasteiger partial charge in [0.2, 0.25) is 5.95 Å². The molecule has 4 N–H and O–H groups in total. The van der Waals surface area contributed by atoms with Gasteiger partial charge in [-0.15, -0.1) is 5.10 Å². The molecule has 9 heteroatoms. The number of hydrogen-bond donors (Lipinski definition) is 3. The zero-order valence-electron chi connectivity index (χ0n) is 14.4. The summed E-state index contributed by atoms with van der Waals surface area (Å²) in [4.78, 5) is 9.07. The maximum absolute atomic E-state index is 5.94. The predicted molar refractivity (Wildman–Crippen MR) is 100 cm³/mol. The van der Waals surface area contributed by atoms with Crippen LogP contribution in [0.1, 0.15) is 26.8 Å². The summed E-state index contributed by atoms with van der Waals surface area (Å²) in [6.07, 6.45) is 0. The lowest BCUT2D eigenvalue weighted by atomic mass is 10.3. The van der Waals surface area contributed by atoms with Crippen LogP contribution in [0, 0.1) is 0 Å². The first kappa shape index (κ1) is 17.4. The average molecular weight is 361 g/mol. The first-order chi connectivity index (χ1) is 11.9. The van der Waals surface area contributed by atoms with Crippen molar-refractivity contribution in [3.8, 4) is 0 Å². The van der Waals surface area contributed by atoms with E-state index >= 15 is 0 Å². The number of benzene rings is 1. The van der Waals surface area contributed by atoms with Crippen LogP contribution in [-0.4, -0.2) is 37.5 Å². The molecule has 1 aromatic carbocycles. The van der Waals surface area contributed by atoms with Crippen LogP contribution in [0.5, 0.6) is 0 Å². The number of hydrogen-bond acceptors (Lipinski definition) is 7. The minimum Gasteiger partial charge on any atom is -0.353 e. The Kier molecular flexibility index (Phi) is 5.00. The van der Waals surface area contributed by atoms with E-state index in [2.05, 4.69) is 30.9 Å². The maximum atomic E-state index is 5.94. The molecule has 0 aliphatic heterocycles. The molecule has 0 spiro atoms. The predicted octanol–water partition coefficient (Wildman–Crippen LogP) is 2.96. The summed E-state index contributed by atoms with van der Waals surface area (Å²) in [7, 11) is 0. The Balaban J connectivity index is 2.03. The van der Waals surface area contributed by atoms with Gasteiger partial charge in [0.15, 0.2) is 17.0 Å². The highest BCUT2D eigenvalue weighted by molar-refractivity contribution is 6.30. The van der Waals surface area contributed by atoms with Gasteiger partial charge in [0.05, 0.1) is 6.04 Å². The first-order valence-electron chi connectivity index (χ1n) is 8.09. The van der Waals surface area contributed by atoms with E-state index in [0.29, 0.717) is 34.5 Å². The normalized spacial score (nSPS) is 12.6. The third kappa shape index (κ3) is 3.97. The molecule has 0 saturated carbocycles. The molecule has 1 atom stereocenters. The smallest absolute Gasteiger partial charge is 0.226 e. The molecular formula is C16H21ClN8. The summed E-state index contributed by atoms with van der Waals surface area (Å²) in [6.45, 7) is 6.53. The van der Waals surface area contributed by atoms with Gasteiger partial charge >= 0.3 is 0 Å². The molecule has 8 nitrogen and oxygen atoms in total. The first-order valence-corrected chi connectivity index (χ1v) is 8.47. The molecule has 132 valence electrons. The molecule has 1 unspecified atom stereocenters. The highest BCUT2D eigenvalue weighted by Gasteiger charge is 2.16. The minimum absolute atomic E-state index is 0.0138. The van der Waals surface area contributed by atoms with Crippen molar-refractivity contribution in [1.82, 2.24) is 25.0 Å². The molecule has 3 rings (SSSR count). The largest absolute Gasteiger partial charge is 0.353 e. The van der Waals surface area contributed by atoms with E-state index in [4.69, 9.17) is 17.3 Å². The fraction of sp³-hybridized carbons (Fsp3) is 0.375. The number of anilines is 3. The third-order valence-electron chi connectivity index (χ3n) is 3.50. The average Bonchev–Trinajstić information content (AvgIpc) is 2.99. The second-order valence-corrected chi connectivity index (χ2v) is 6.62. The standard InChI is InChI=1S/C16H21ClN8/c1-9(2)25-15-13(23-24-25)14(20-12-6-4-11(17)5-7-12)21-16(22-15)19-8-10(3)18/h4-7,9-10H,8,18H2,1-3H3,(H2,19,20,21,22).